The largest absolute Gasteiger partial charge is 0.355 e. The maximum atomic E-state index is 4.82. The molecule has 0 aliphatic carbocycles. The van der Waals surface area contributed by atoms with Gasteiger partial charge in [0, 0.05) is 58.2 Å². The van der Waals surface area contributed by atoms with Crippen LogP contribution in [-0.2, 0) is 0 Å². The van der Waals surface area contributed by atoms with E-state index in [0.29, 0.717) is 0 Å². The summed E-state index contributed by atoms with van der Waals surface area (Å²) in [6.45, 7) is 3.99. The normalized spacial score (nSPS) is 12.0. The predicted octanol–water partition coefficient (Wildman–Crippen LogP) is 10.0. The van der Waals surface area contributed by atoms with E-state index in [0.717, 1.165) is 66.5 Å². The lowest BCUT2D eigenvalue weighted by molar-refractivity contribution is 1.18. The Kier molecular flexibility index (Phi) is 6.86. The molecule has 0 amide bonds. The molecule has 0 unspecified atom stereocenters. The minimum atomic E-state index is 1.01. The topological polar surface area (TPSA) is 42.2 Å². The number of rotatable bonds is 7. The van der Waals surface area contributed by atoms with E-state index in [9.17, 15) is 0 Å². The highest BCUT2D eigenvalue weighted by Gasteiger charge is 2.17. The summed E-state index contributed by atoms with van der Waals surface area (Å²) in [7, 11) is 1.77. The highest BCUT2D eigenvalue weighted by molar-refractivity contribution is 6.20. The van der Waals surface area contributed by atoms with E-state index in [1.54, 1.807) is 13.3 Å². The highest BCUT2D eigenvalue weighted by atomic mass is 15.0. The van der Waals surface area contributed by atoms with Crippen molar-refractivity contribution in [1.29, 1.82) is 0 Å². The van der Waals surface area contributed by atoms with Gasteiger partial charge < -0.3 is 9.88 Å². The minimum absolute atomic E-state index is 1.01. The van der Waals surface area contributed by atoms with Gasteiger partial charge >= 0.3 is 0 Å². The zero-order valence-corrected chi connectivity index (χ0v) is 23.9. The van der Waals surface area contributed by atoms with Crippen LogP contribution < -0.4 is 5.32 Å². The number of nitrogens with one attached hydrogen (secondary N) is 1. The lowest BCUT2D eigenvalue weighted by Gasteiger charge is -2.14. The van der Waals surface area contributed by atoms with Crippen LogP contribution in [0.3, 0.4) is 0 Å². The third-order valence-electron chi connectivity index (χ3n) is 7.87. The van der Waals surface area contributed by atoms with Crippen LogP contribution in [0.4, 0.5) is 11.4 Å². The van der Waals surface area contributed by atoms with Crippen LogP contribution in [0.25, 0.3) is 55.1 Å². The number of benzene rings is 5. The molecule has 0 saturated carbocycles. The first-order valence-corrected chi connectivity index (χ1v) is 14.3. The lowest BCUT2D eigenvalue weighted by atomic mass is 10.0. The summed E-state index contributed by atoms with van der Waals surface area (Å²) in [5, 5.41) is 7.16. The van der Waals surface area contributed by atoms with Gasteiger partial charge in [-0.25, -0.2) is 0 Å². The molecule has 0 bridgehead atoms. The Balaban J connectivity index is 1.41. The van der Waals surface area contributed by atoms with Gasteiger partial charge in [0.05, 0.1) is 16.6 Å². The van der Waals surface area contributed by atoms with E-state index < -0.39 is 0 Å². The molecule has 0 radical (unpaired) electrons. The van der Waals surface area contributed by atoms with E-state index in [1.165, 1.54) is 5.56 Å². The van der Waals surface area contributed by atoms with Gasteiger partial charge in [0.25, 0.3) is 0 Å². The highest BCUT2D eigenvalue weighted by Crippen LogP contribution is 2.38. The Morgan fingerprint density at radius 1 is 0.814 bits per heavy atom. The second-order valence-electron chi connectivity index (χ2n) is 10.4. The number of fused-ring (bicyclic) bond motifs is 5. The fourth-order valence-electron chi connectivity index (χ4n) is 5.86. The van der Waals surface area contributed by atoms with Crippen LogP contribution in [0.15, 0.2) is 151 Å². The van der Waals surface area contributed by atoms with Crippen molar-refractivity contribution in [2.24, 2.45) is 4.99 Å². The van der Waals surface area contributed by atoms with Crippen LogP contribution in [0, 0.1) is 0 Å². The van der Waals surface area contributed by atoms with Gasteiger partial charge in [0.15, 0.2) is 0 Å². The Labute approximate surface area is 251 Å². The molecule has 7 aromatic rings. The summed E-state index contributed by atoms with van der Waals surface area (Å²) in [5.74, 6) is 0. The second-order valence-corrected chi connectivity index (χ2v) is 10.4. The molecule has 0 aliphatic rings. The molecule has 43 heavy (non-hydrogen) atoms. The van der Waals surface area contributed by atoms with Gasteiger partial charge in [0.2, 0.25) is 0 Å². The molecule has 206 valence electrons. The average molecular weight is 555 g/mol. The molecule has 1 N–H and O–H groups in total. The van der Waals surface area contributed by atoms with E-state index in [4.69, 9.17) is 4.98 Å². The summed E-state index contributed by atoms with van der Waals surface area (Å²) in [5.41, 5.74) is 10.8. The molecular weight excluding hydrogens is 524 g/mol. The molecule has 5 aromatic carbocycles. The van der Waals surface area contributed by atoms with Crippen LogP contribution in [0.5, 0.6) is 0 Å². The van der Waals surface area contributed by atoms with Gasteiger partial charge in [0.1, 0.15) is 0 Å². The Morgan fingerprint density at radius 2 is 1.63 bits per heavy atom. The van der Waals surface area contributed by atoms with Crippen LogP contribution in [-0.4, -0.2) is 22.8 Å². The third kappa shape index (κ3) is 4.79. The van der Waals surface area contributed by atoms with Crippen molar-refractivity contribution in [1.82, 2.24) is 9.55 Å². The number of nitrogens with zero attached hydrogens (tertiary/aromatic N) is 3. The second kappa shape index (κ2) is 11.3. The van der Waals surface area contributed by atoms with Crippen LogP contribution >= 0.6 is 0 Å². The van der Waals surface area contributed by atoms with E-state index in [2.05, 4.69) is 131 Å². The Hall–Kier alpha value is -5.74. The molecule has 4 heteroatoms. The molecular formula is C39H30N4. The fraction of sp³-hybridized carbons (Fsp3) is 0.0256. The number of aliphatic imine (C=N–C) groups is 1. The first-order valence-electron chi connectivity index (χ1n) is 14.3. The van der Waals surface area contributed by atoms with Gasteiger partial charge in [-0.3, -0.25) is 9.98 Å². The maximum absolute atomic E-state index is 4.82. The zero-order valence-electron chi connectivity index (χ0n) is 23.9. The van der Waals surface area contributed by atoms with E-state index in [1.807, 2.05) is 30.5 Å². The number of allylic oxidation sites excluding steroid dienone is 3. The van der Waals surface area contributed by atoms with E-state index >= 15 is 0 Å². The van der Waals surface area contributed by atoms with Crippen molar-refractivity contribution in [3.8, 4) is 16.8 Å². The summed E-state index contributed by atoms with van der Waals surface area (Å²) < 4.78 is 2.33. The molecule has 0 atom stereocenters. The average Bonchev–Trinajstić information content (AvgIpc) is 3.40. The number of hydrogen-bond acceptors (Lipinski definition) is 3. The zero-order chi connectivity index (χ0) is 29.2. The number of para-hydroxylation sites is 1. The molecule has 0 spiro atoms. The summed E-state index contributed by atoms with van der Waals surface area (Å²) in [6.07, 6.45) is 7.51. The summed E-state index contributed by atoms with van der Waals surface area (Å²) in [4.78, 5) is 8.91. The quantitative estimate of drug-likeness (QED) is 0.157. The van der Waals surface area contributed by atoms with E-state index in [-0.39, 0.29) is 0 Å². The van der Waals surface area contributed by atoms with Crippen molar-refractivity contribution < 1.29 is 0 Å². The first kappa shape index (κ1) is 26.2. The number of anilines is 2. The summed E-state index contributed by atoms with van der Waals surface area (Å²) in [6, 6.07) is 42.6. The molecule has 0 fully saturated rings. The van der Waals surface area contributed by atoms with Crippen LogP contribution in [0.1, 0.15) is 5.56 Å². The Morgan fingerprint density at radius 3 is 2.44 bits per heavy atom. The predicted molar refractivity (Wildman–Crippen MR) is 184 cm³/mol. The standard InChI is InChI=1S/C39H30N4/c1-3-27(23-25-40-2)28-15-19-32(20-16-28)43-36-22-17-30-12-9-24-41-39(30)38(36)34-21-18-31(26-37(34)43)42-35-14-8-7-13-33(35)29-10-5-4-6-11-29/h3-26,42H,1H2,2H3/b27-23+,40-25?. The smallest absolute Gasteiger partial charge is 0.0802 e. The van der Waals surface area contributed by atoms with Crippen molar-refractivity contribution in [3.05, 3.63) is 152 Å². The molecule has 0 aliphatic heterocycles. The maximum Gasteiger partial charge on any atom is 0.0802 e. The van der Waals surface area contributed by atoms with Gasteiger partial charge in [-0.1, -0.05) is 91.5 Å². The fourth-order valence-corrected chi connectivity index (χ4v) is 5.86. The number of pyridine rings is 1. The minimum Gasteiger partial charge on any atom is -0.355 e. The molecule has 7 rings (SSSR count). The summed E-state index contributed by atoms with van der Waals surface area (Å²) >= 11 is 0. The number of hydrogen-bond donors (Lipinski definition) is 1. The van der Waals surface area contributed by atoms with Crippen molar-refractivity contribution >= 4 is 55.9 Å². The molecule has 4 nitrogen and oxygen atoms in total. The molecule has 2 aromatic heterocycles. The van der Waals surface area contributed by atoms with Crippen molar-refractivity contribution in [2.45, 2.75) is 0 Å². The SMILES string of the molecule is C=C/C(=C\C=NC)c1ccc(-n2c3cc(Nc4ccccc4-c4ccccc4)ccc3c3c4ncccc4ccc32)cc1. The van der Waals surface area contributed by atoms with Crippen LogP contribution in [0.2, 0.25) is 0 Å². The first-order chi connectivity index (χ1) is 21.2. The van der Waals surface area contributed by atoms with Crippen molar-refractivity contribution in [3.63, 3.8) is 0 Å². The molecule has 0 saturated heterocycles. The Bertz CT molecular complexity index is 2170. The molecule has 2 heterocycles. The van der Waals surface area contributed by atoms with Gasteiger partial charge in [-0.05, 0) is 65.2 Å². The lowest BCUT2D eigenvalue weighted by Crippen LogP contribution is -1.96. The monoisotopic (exact) mass is 554 g/mol. The van der Waals surface area contributed by atoms with Crippen molar-refractivity contribution in [2.75, 3.05) is 12.4 Å². The number of aromatic nitrogens is 2. The van der Waals surface area contributed by atoms with Gasteiger partial charge in [-0.15, -0.1) is 0 Å². The third-order valence-corrected chi connectivity index (χ3v) is 7.87. The van der Waals surface area contributed by atoms with Gasteiger partial charge in [-0.2, -0.15) is 0 Å².